The molecule has 29 heavy (non-hydrogen) atoms. The van der Waals surface area contributed by atoms with Gasteiger partial charge in [-0.2, -0.15) is 32.8 Å². The number of urea groups is 1. The van der Waals surface area contributed by atoms with Crippen LogP contribution in [0.4, 0.5) is 34.3 Å². The van der Waals surface area contributed by atoms with Crippen LogP contribution in [-0.4, -0.2) is 63.5 Å². The summed E-state index contributed by atoms with van der Waals surface area (Å²) in [5.41, 5.74) is 0.273. The number of anilines is 2. The van der Waals surface area contributed by atoms with Crippen LogP contribution in [0.25, 0.3) is 11.7 Å². The molecule has 2 fully saturated rings. The van der Waals surface area contributed by atoms with E-state index < -0.39 is 30.8 Å². The van der Waals surface area contributed by atoms with E-state index in [1.165, 1.54) is 17.2 Å². The minimum Gasteiger partial charge on any atom is -0.345 e. The number of hydrogen-bond donors (Lipinski definition) is 3. The van der Waals surface area contributed by atoms with Gasteiger partial charge in [0.05, 0.1) is 12.7 Å². The van der Waals surface area contributed by atoms with E-state index in [1.54, 1.807) is 0 Å². The fourth-order valence-electron chi connectivity index (χ4n) is 2.96. The summed E-state index contributed by atoms with van der Waals surface area (Å²) in [6.07, 6.45) is -2.79. The molecule has 3 N–H and O–H groups in total. The summed E-state index contributed by atoms with van der Waals surface area (Å²) in [4.78, 5) is 32.8. The summed E-state index contributed by atoms with van der Waals surface area (Å²) in [5, 5.41) is 10.5. The van der Waals surface area contributed by atoms with Crippen molar-refractivity contribution in [1.29, 1.82) is 0 Å². The van der Waals surface area contributed by atoms with E-state index >= 15 is 0 Å². The van der Waals surface area contributed by atoms with Gasteiger partial charge in [-0.05, 0) is 12.5 Å². The number of fused-ring (bicyclic) bond motifs is 1. The number of hydrogen-bond acceptors (Lipinski definition) is 7. The van der Waals surface area contributed by atoms with Gasteiger partial charge in [0.25, 0.3) is 5.91 Å². The molecule has 154 valence electrons. The van der Waals surface area contributed by atoms with Gasteiger partial charge < -0.3 is 15.5 Å². The van der Waals surface area contributed by atoms with Gasteiger partial charge in [0.1, 0.15) is 18.4 Å². The first-order valence-electron chi connectivity index (χ1n) is 8.49. The number of aromatic nitrogens is 4. The first-order valence-corrected chi connectivity index (χ1v) is 8.49. The van der Waals surface area contributed by atoms with Crippen molar-refractivity contribution in [3.63, 3.8) is 0 Å². The number of carbonyl (C=O) groups is 2. The zero-order chi connectivity index (χ0) is 20.8. The lowest BCUT2D eigenvalue weighted by molar-refractivity contribution is -0.116. The fourth-order valence-corrected chi connectivity index (χ4v) is 2.96. The summed E-state index contributed by atoms with van der Waals surface area (Å²) < 4.78 is 52.6. The largest absolute Gasteiger partial charge is 0.405 e. The molecule has 2 aromatic heterocycles. The van der Waals surface area contributed by atoms with Gasteiger partial charge in [-0.1, -0.05) is 0 Å². The molecule has 0 radical (unpaired) electrons. The molecule has 0 bridgehead atoms. The lowest BCUT2D eigenvalue weighted by Gasteiger charge is -2.17. The van der Waals surface area contributed by atoms with Crippen molar-refractivity contribution in [2.75, 3.05) is 29.9 Å². The van der Waals surface area contributed by atoms with E-state index in [0.29, 0.717) is 6.54 Å². The number of nitrogens with zero attached hydrogens (tertiary/aromatic N) is 5. The van der Waals surface area contributed by atoms with Crippen molar-refractivity contribution in [1.82, 2.24) is 30.2 Å². The second-order valence-corrected chi connectivity index (χ2v) is 6.45. The second-order valence-electron chi connectivity index (χ2n) is 6.45. The molecule has 14 heteroatoms. The molecular formula is C15H14F4N8O2. The second kappa shape index (κ2) is 6.86. The van der Waals surface area contributed by atoms with Gasteiger partial charge in [0.2, 0.25) is 11.9 Å². The Hall–Kier alpha value is -3.45. The Balaban J connectivity index is 1.77. The summed E-state index contributed by atoms with van der Waals surface area (Å²) >= 11 is 0. The summed E-state index contributed by atoms with van der Waals surface area (Å²) in [6, 6.07) is -0.702. The monoisotopic (exact) mass is 414 g/mol. The Morgan fingerprint density at radius 3 is 2.69 bits per heavy atom. The Morgan fingerprint density at radius 1 is 1.28 bits per heavy atom. The highest BCUT2D eigenvalue weighted by atomic mass is 19.4. The molecule has 2 aromatic rings. The summed E-state index contributed by atoms with van der Waals surface area (Å²) in [7, 11) is 0. The fraction of sp³-hybridized carbons (Fsp3) is 0.400. The topological polar surface area (TPSA) is 117 Å². The smallest absolute Gasteiger partial charge is 0.345 e. The van der Waals surface area contributed by atoms with Crippen LogP contribution in [0.3, 0.4) is 0 Å². The van der Waals surface area contributed by atoms with E-state index in [4.69, 9.17) is 0 Å². The van der Waals surface area contributed by atoms with E-state index in [0.717, 1.165) is 4.52 Å². The zero-order valence-electron chi connectivity index (χ0n) is 14.6. The van der Waals surface area contributed by atoms with Gasteiger partial charge in [0, 0.05) is 12.1 Å². The van der Waals surface area contributed by atoms with Crippen LogP contribution >= 0.6 is 0 Å². The van der Waals surface area contributed by atoms with E-state index in [2.05, 4.69) is 25.7 Å². The molecule has 1 atom stereocenters. The first-order chi connectivity index (χ1) is 13.7. The number of halogens is 4. The maximum Gasteiger partial charge on any atom is 0.405 e. The molecule has 0 saturated carbocycles. The Labute approximate surface area is 160 Å². The highest BCUT2D eigenvalue weighted by molar-refractivity contribution is 6.14. The normalized spacial score (nSPS) is 21.2. The quantitative estimate of drug-likeness (QED) is 0.385. The number of amides is 3. The standard InChI is InChI=1S/C15H14F4N8O2/c16-8-1-2-26(5-8)13-23-10-7(3-9-11(28)24-14(29)22-9)4-21-27(10)12(25-13)20-6-15(17,18)19/h3-4,8H,1-2,5-6H2,(H,20,23,25)(H2,22,24,28,29)/b9-3-/t8-/m1/s1. The highest BCUT2D eigenvalue weighted by Crippen LogP contribution is 2.24. The van der Waals surface area contributed by atoms with Crippen molar-refractivity contribution in [2.45, 2.75) is 18.8 Å². The predicted octanol–water partition coefficient (Wildman–Crippen LogP) is 0.827. The van der Waals surface area contributed by atoms with Gasteiger partial charge in [-0.25, -0.2) is 9.18 Å². The molecule has 0 spiro atoms. The van der Waals surface area contributed by atoms with E-state index in [9.17, 15) is 27.2 Å². The van der Waals surface area contributed by atoms with Crippen LogP contribution in [0.5, 0.6) is 0 Å². The van der Waals surface area contributed by atoms with Crippen LogP contribution in [0.2, 0.25) is 0 Å². The molecule has 3 amide bonds. The molecule has 0 aromatic carbocycles. The van der Waals surface area contributed by atoms with Crippen LogP contribution in [0, 0.1) is 0 Å². The zero-order valence-corrected chi connectivity index (χ0v) is 14.6. The molecule has 2 aliphatic heterocycles. The average molecular weight is 414 g/mol. The molecule has 0 aliphatic carbocycles. The van der Waals surface area contributed by atoms with Crippen LogP contribution in [0.15, 0.2) is 11.9 Å². The third-order valence-corrected chi connectivity index (χ3v) is 4.26. The van der Waals surface area contributed by atoms with Crippen molar-refractivity contribution >= 4 is 35.6 Å². The maximum atomic E-state index is 13.6. The van der Waals surface area contributed by atoms with Crippen molar-refractivity contribution in [3.05, 3.63) is 17.5 Å². The van der Waals surface area contributed by atoms with Crippen LogP contribution in [0.1, 0.15) is 12.0 Å². The molecule has 10 nitrogen and oxygen atoms in total. The Bertz CT molecular complexity index is 1020. The van der Waals surface area contributed by atoms with E-state index in [-0.39, 0.29) is 41.8 Å². The van der Waals surface area contributed by atoms with Crippen molar-refractivity contribution < 1.29 is 27.2 Å². The SMILES string of the molecule is O=C1NC(=O)/C(=C/c2cnn3c(NCC(F)(F)F)nc(N4CC[C@@H](F)C4)nc23)N1. The molecule has 2 saturated heterocycles. The van der Waals surface area contributed by atoms with E-state index in [1.807, 2.05) is 5.32 Å². The van der Waals surface area contributed by atoms with Crippen LogP contribution < -0.4 is 20.9 Å². The van der Waals surface area contributed by atoms with Crippen LogP contribution in [-0.2, 0) is 4.79 Å². The minimum atomic E-state index is -4.50. The van der Waals surface area contributed by atoms with Crippen molar-refractivity contribution in [2.24, 2.45) is 0 Å². The third-order valence-electron chi connectivity index (χ3n) is 4.26. The molecule has 2 aliphatic rings. The molecular weight excluding hydrogens is 400 g/mol. The van der Waals surface area contributed by atoms with Crippen molar-refractivity contribution in [3.8, 4) is 0 Å². The maximum absolute atomic E-state index is 13.6. The Kier molecular flexibility index (Phi) is 4.47. The van der Waals surface area contributed by atoms with Gasteiger partial charge >= 0.3 is 12.2 Å². The summed E-state index contributed by atoms with van der Waals surface area (Å²) in [6.45, 7) is -1.05. The number of carbonyl (C=O) groups excluding carboxylic acids is 2. The summed E-state index contributed by atoms with van der Waals surface area (Å²) in [5.74, 6) is -0.879. The Morgan fingerprint density at radius 2 is 2.07 bits per heavy atom. The number of rotatable bonds is 4. The first kappa shape index (κ1) is 18.9. The van der Waals surface area contributed by atoms with Gasteiger partial charge in [0.15, 0.2) is 5.65 Å². The van der Waals surface area contributed by atoms with Gasteiger partial charge in [-0.3, -0.25) is 10.1 Å². The lowest BCUT2D eigenvalue weighted by atomic mass is 10.2. The highest BCUT2D eigenvalue weighted by Gasteiger charge is 2.30. The molecule has 4 rings (SSSR count). The number of nitrogens with one attached hydrogen (secondary N) is 3. The lowest BCUT2D eigenvalue weighted by Crippen LogP contribution is -2.26. The number of alkyl halides is 4. The van der Waals surface area contributed by atoms with Gasteiger partial charge in [-0.15, -0.1) is 0 Å². The predicted molar refractivity (Wildman–Crippen MR) is 91.7 cm³/mol. The third kappa shape index (κ3) is 3.90. The molecule has 0 unspecified atom stereocenters. The molecule has 4 heterocycles. The average Bonchev–Trinajstić information content (AvgIpc) is 3.32. The number of imide groups is 1. The minimum absolute atomic E-state index is 0.0118.